The van der Waals surface area contributed by atoms with E-state index in [0.29, 0.717) is 44.1 Å². The predicted octanol–water partition coefficient (Wildman–Crippen LogP) is 3.64. The van der Waals surface area contributed by atoms with Crippen molar-refractivity contribution in [3.8, 4) is 5.75 Å². The molecule has 39 heavy (non-hydrogen) atoms. The fraction of sp³-hybridized carbons (Fsp3) is 0.517. The van der Waals surface area contributed by atoms with Crippen molar-refractivity contribution in [3.63, 3.8) is 0 Å². The van der Waals surface area contributed by atoms with Crippen molar-refractivity contribution >= 4 is 17.9 Å². The zero-order chi connectivity index (χ0) is 27.4. The zero-order valence-corrected chi connectivity index (χ0v) is 22.2. The van der Waals surface area contributed by atoms with Crippen LogP contribution in [0.1, 0.15) is 79.1 Å². The number of carboxylic acid groups (broad SMARTS) is 1. The summed E-state index contributed by atoms with van der Waals surface area (Å²) in [5.41, 5.74) is 2.47. The van der Waals surface area contributed by atoms with E-state index in [1.54, 1.807) is 12.1 Å². The maximum Gasteiger partial charge on any atom is 0.407 e. The second-order valence-electron chi connectivity index (χ2n) is 10.7. The summed E-state index contributed by atoms with van der Waals surface area (Å²) in [6.45, 7) is 3.24. The molecular weight excluding hydrogens is 500 g/mol. The first-order valence-corrected chi connectivity index (χ1v) is 13.8. The number of benzene rings is 1. The van der Waals surface area contributed by atoms with Gasteiger partial charge in [-0.2, -0.15) is 0 Å². The number of carbonyl (C=O) groups is 3. The molecule has 3 fully saturated rings. The lowest BCUT2D eigenvalue weighted by atomic mass is 10.00. The van der Waals surface area contributed by atoms with Gasteiger partial charge in [-0.05, 0) is 74.6 Å². The van der Waals surface area contributed by atoms with E-state index in [9.17, 15) is 19.5 Å². The lowest BCUT2D eigenvalue weighted by Crippen LogP contribution is -2.49. The van der Waals surface area contributed by atoms with Crippen LogP contribution < -0.4 is 15.4 Å². The molecule has 4 atom stereocenters. The summed E-state index contributed by atoms with van der Waals surface area (Å²) in [5, 5.41) is 15.2. The highest BCUT2D eigenvalue weighted by molar-refractivity contribution is 5.92. The lowest BCUT2D eigenvalue weighted by Gasteiger charge is -2.31. The van der Waals surface area contributed by atoms with Gasteiger partial charge in [0.1, 0.15) is 23.7 Å². The molecule has 10 heteroatoms. The maximum absolute atomic E-state index is 12.8. The van der Waals surface area contributed by atoms with E-state index >= 15 is 0 Å². The van der Waals surface area contributed by atoms with E-state index in [-0.39, 0.29) is 36.1 Å². The predicted molar refractivity (Wildman–Crippen MR) is 143 cm³/mol. The van der Waals surface area contributed by atoms with Gasteiger partial charge in [0.2, 0.25) is 5.91 Å². The van der Waals surface area contributed by atoms with E-state index in [2.05, 4.69) is 27.8 Å². The number of aromatic nitrogens is 1. The van der Waals surface area contributed by atoms with Crippen LogP contribution in [0.2, 0.25) is 0 Å². The Morgan fingerprint density at radius 3 is 2.51 bits per heavy atom. The van der Waals surface area contributed by atoms with Crippen molar-refractivity contribution in [2.75, 3.05) is 19.7 Å². The minimum absolute atomic E-state index is 0.141. The van der Waals surface area contributed by atoms with Crippen LogP contribution in [0.3, 0.4) is 0 Å². The number of pyridine rings is 1. The minimum Gasteiger partial charge on any atom is -0.482 e. The Labute approximate surface area is 228 Å². The molecule has 0 spiro atoms. The van der Waals surface area contributed by atoms with Crippen molar-refractivity contribution in [1.82, 2.24) is 20.5 Å². The highest BCUT2D eigenvalue weighted by atomic mass is 16.5. The molecular formula is C29H36N4O6. The molecule has 2 saturated heterocycles. The summed E-state index contributed by atoms with van der Waals surface area (Å²) in [7, 11) is 0. The molecule has 1 aromatic carbocycles. The van der Waals surface area contributed by atoms with Crippen LogP contribution in [-0.2, 0) is 9.53 Å². The van der Waals surface area contributed by atoms with Crippen molar-refractivity contribution < 1.29 is 29.0 Å². The molecule has 0 radical (unpaired) electrons. The normalized spacial score (nSPS) is 22.5. The van der Waals surface area contributed by atoms with Crippen LogP contribution >= 0.6 is 0 Å². The number of rotatable bonds is 9. The Hall–Kier alpha value is -3.66. The number of carbonyl (C=O) groups excluding carboxylic acids is 2. The second kappa shape index (κ2) is 12.0. The summed E-state index contributed by atoms with van der Waals surface area (Å²) in [5.74, 6) is 0.607. The molecule has 3 amide bonds. The van der Waals surface area contributed by atoms with Gasteiger partial charge >= 0.3 is 6.09 Å². The largest absolute Gasteiger partial charge is 0.482 e. The first-order chi connectivity index (χ1) is 18.9. The van der Waals surface area contributed by atoms with Crippen LogP contribution in [0.15, 0.2) is 42.6 Å². The average Bonchev–Trinajstić information content (AvgIpc) is 3.65. The number of likely N-dealkylation sites (tertiary alicyclic amines) is 1. The standard InChI is InChI=1S/C29H36N4O6/c1-18(31-28(35)25-5-3-15-38-25)26(21-10-8-20(9-11-21)19-6-7-19)39-23-12-13-24(30-16-23)27(34)32-22-4-2-14-33(17-22)29(36)37/h8-13,16,18-19,22,25-26H,2-7,14-15,17H2,1H3,(H,31,35)(H,32,34)(H,36,37)/t18?,22-,25+,26?/m0/s1. The van der Waals surface area contributed by atoms with Crippen LogP contribution in [0.25, 0.3) is 0 Å². The number of nitrogens with one attached hydrogen (secondary N) is 2. The molecule has 3 heterocycles. The SMILES string of the molecule is CC(NC(=O)[C@H]1CCCO1)C(Oc1ccc(C(=O)N[C@H]2CCCN(C(=O)O)C2)nc1)c1ccc(C2CC2)cc1. The highest BCUT2D eigenvalue weighted by Gasteiger charge is 2.30. The van der Waals surface area contributed by atoms with E-state index < -0.39 is 18.3 Å². The Bertz CT molecular complexity index is 1160. The van der Waals surface area contributed by atoms with Crippen LogP contribution in [0.4, 0.5) is 4.79 Å². The van der Waals surface area contributed by atoms with Gasteiger partial charge in [0.05, 0.1) is 12.2 Å². The van der Waals surface area contributed by atoms with Crippen molar-refractivity contribution in [2.45, 2.75) is 75.7 Å². The lowest BCUT2D eigenvalue weighted by molar-refractivity contribution is -0.131. The van der Waals surface area contributed by atoms with Gasteiger partial charge in [-0.3, -0.25) is 9.59 Å². The molecule has 10 nitrogen and oxygen atoms in total. The van der Waals surface area contributed by atoms with Gasteiger partial charge < -0.3 is 30.1 Å². The maximum atomic E-state index is 12.8. The summed E-state index contributed by atoms with van der Waals surface area (Å²) < 4.78 is 11.9. The van der Waals surface area contributed by atoms with Gasteiger partial charge in [0, 0.05) is 25.7 Å². The Morgan fingerprint density at radius 2 is 1.87 bits per heavy atom. The Morgan fingerprint density at radius 1 is 1.08 bits per heavy atom. The highest BCUT2D eigenvalue weighted by Crippen LogP contribution is 2.40. The van der Waals surface area contributed by atoms with Crippen LogP contribution in [-0.4, -0.2) is 70.8 Å². The summed E-state index contributed by atoms with van der Waals surface area (Å²) >= 11 is 0. The molecule has 1 aliphatic carbocycles. The third-order valence-corrected chi connectivity index (χ3v) is 7.62. The van der Waals surface area contributed by atoms with E-state index in [0.717, 1.165) is 12.0 Å². The first kappa shape index (κ1) is 26.9. The number of ether oxygens (including phenoxy) is 2. The number of hydrogen-bond acceptors (Lipinski definition) is 6. The summed E-state index contributed by atoms with van der Waals surface area (Å²) in [6.07, 6.45) is 5.04. The average molecular weight is 537 g/mol. The topological polar surface area (TPSA) is 130 Å². The number of piperidine rings is 1. The summed E-state index contributed by atoms with van der Waals surface area (Å²) in [6, 6.07) is 11.0. The first-order valence-electron chi connectivity index (χ1n) is 13.8. The molecule has 5 rings (SSSR count). The van der Waals surface area contributed by atoms with Crippen molar-refractivity contribution in [2.24, 2.45) is 0 Å². The van der Waals surface area contributed by atoms with Gasteiger partial charge in [0.15, 0.2) is 0 Å². The third-order valence-electron chi connectivity index (χ3n) is 7.62. The van der Waals surface area contributed by atoms with Gasteiger partial charge in [-0.1, -0.05) is 24.3 Å². The van der Waals surface area contributed by atoms with Gasteiger partial charge in [-0.25, -0.2) is 9.78 Å². The van der Waals surface area contributed by atoms with Crippen molar-refractivity contribution in [1.29, 1.82) is 0 Å². The Balaban J connectivity index is 1.25. The van der Waals surface area contributed by atoms with E-state index in [1.807, 2.05) is 19.1 Å². The number of amides is 3. The molecule has 3 N–H and O–H groups in total. The number of nitrogens with zero attached hydrogens (tertiary/aromatic N) is 2. The van der Waals surface area contributed by atoms with Gasteiger partial charge in [-0.15, -0.1) is 0 Å². The molecule has 0 bridgehead atoms. The minimum atomic E-state index is -0.980. The molecule has 208 valence electrons. The quantitative estimate of drug-likeness (QED) is 0.446. The van der Waals surface area contributed by atoms with Crippen LogP contribution in [0.5, 0.6) is 5.75 Å². The fourth-order valence-corrected chi connectivity index (χ4v) is 5.27. The molecule has 1 saturated carbocycles. The van der Waals surface area contributed by atoms with E-state index in [1.165, 1.54) is 29.5 Å². The monoisotopic (exact) mass is 536 g/mol. The van der Waals surface area contributed by atoms with Crippen molar-refractivity contribution in [3.05, 3.63) is 59.4 Å². The van der Waals surface area contributed by atoms with E-state index in [4.69, 9.17) is 9.47 Å². The molecule has 2 aliphatic heterocycles. The molecule has 2 aromatic rings. The molecule has 2 unspecified atom stereocenters. The molecule has 1 aromatic heterocycles. The van der Waals surface area contributed by atoms with Gasteiger partial charge in [0.25, 0.3) is 5.91 Å². The number of hydrogen-bond donors (Lipinski definition) is 3. The molecule has 3 aliphatic rings. The zero-order valence-electron chi connectivity index (χ0n) is 22.2. The van der Waals surface area contributed by atoms with Crippen LogP contribution in [0, 0.1) is 0 Å². The fourth-order valence-electron chi connectivity index (χ4n) is 5.27. The Kier molecular flexibility index (Phi) is 8.30. The third kappa shape index (κ3) is 6.86. The second-order valence-corrected chi connectivity index (χ2v) is 10.7. The summed E-state index contributed by atoms with van der Waals surface area (Å²) in [4.78, 5) is 42.4. The smallest absolute Gasteiger partial charge is 0.407 e.